The van der Waals surface area contributed by atoms with Gasteiger partial charge in [0.25, 0.3) is 5.91 Å². The Morgan fingerprint density at radius 2 is 1.84 bits per heavy atom. The minimum Gasteiger partial charge on any atom is -0.327 e. The van der Waals surface area contributed by atoms with Gasteiger partial charge in [0.05, 0.1) is 6.07 Å². The van der Waals surface area contributed by atoms with Gasteiger partial charge in [0.1, 0.15) is 12.1 Å². The summed E-state index contributed by atoms with van der Waals surface area (Å²) >= 11 is 0. The van der Waals surface area contributed by atoms with E-state index >= 15 is 0 Å². The van der Waals surface area contributed by atoms with Crippen LogP contribution < -0.4 is 0 Å². The predicted octanol–water partition coefficient (Wildman–Crippen LogP) is 2.13. The summed E-state index contributed by atoms with van der Waals surface area (Å²) in [5, 5.41) is 9.24. The lowest BCUT2D eigenvalue weighted by molar-refractivity contribution is -0.142. The topological polar surface area (TPSA) is 64.4 Å². The van der Waals surface area contributed by atoms with Crippen molar-refractivity contribution in [1.82, 2.24) is 9.80 Å². The largest absolute Gasteiger partial charge is 0.327 e. The zero-order chi connectivity index (χ0) is 17.4. The molecule has 25 heavy (non-hydrogen) atoms. The molecule has 2 aliphatic heterocycles. The van der Waals surface area contributed by atoms with E-state index in [1.807, 2.05) is 30.3 Å². The maximum Gasteiger partial charge on any atom is 0.250 e. The second kappa shape index (κ2) is 6.36. The summed E-state index contributed by atoms with van der Waals surface area (Å²) in [6.45, 7) is 1.25. The summed E-state index contributed by atoms with van der Waals surface area (Å²) in [6.07, 6.45) is 5.73. The van der Waals surface area contributed by atoms with Crippen LogP contribution in [0.15, 0.2) is 29.8 Å². The smallest absolute Gasteiger partial charge is 0.250 e. The van der Waals surface area contributed by atoms with E-state index in [2.05, 4.69) is 6.07 Å². The van der Waals surface area contributed by atoms with Crippen molar-refractivity contribution in [1.29, 1.82) is 5.26 Å². The number of benzene rings is 1. The molecule has 1 aromatic carbocycles. The van der Waals surface area contributed by atoms with Crippen molar-refractivity contribution in [3.8, 4) is 6.07 Å². The van der Waals surface area contributed by atoms with E-state index in [1.54, 1.807) is 9.80 Å². The molecule has 128 valence electrons. The summed E-state index contributed by atoms with van der Waals surface area (Å²) < 4.78 is 0. The van der Waals surface area contributed by atoms with Crippen molar-refractivity contribution in [3.63, 3.8) is 0 Å². The van der Waals surface area contributed by atoms with Gasteiger partial charge in [0.15, 0.2) is 0 Å². The summed E-state index contributed by atoms with van der Waals surface area (Å²) in [7, 11) is 0. The summed E-state index contributed by atoms with van der Waals surface area (Å²) in [5.74, 6) is -0.0780. The van der Waals surface area contributed by atoms with E-state index in [9.17, 15) is 14.9 Å². The molecule has 2 heterocycles. The second-order valence-electron chi connectivity index (χ2n) is 7.02. The van der Waals surface area contributed by atoms with Gasteiger partial charge in [-0.2, -0.15) is 5.26 Å². The third-order valence-electron chi connectivity index (χ3n) is 5.52. The molecule has 0 unspecified atom stereocenters. The van der Waals surface area contributed by atoms with Crippen LogP contribution in [0.25, 0.3) is 6.08 Å². The number of hydrogen-bond acceptors (Lipinski definition) is 3. The minimum atomic E-state index is -0.411. The van der Waals surface area contributed by atoms with Crippen LogP contribution in [0.3, 0.4) is 0 Å². The third kappa shape index (κ3) is 2.72. The molecule has 0 radical (unpaired) electrons. The van der Waals surface area contributed by atoms with E-state index < -0.39 is 6.04 Å². The second-order valence-corrected chi connectivity index (χ2v) is 7.02. The Balaban J connectivity index is 1.51. The van der Waals surface area contributed by atoms with E-state index in [0.29, 0.717) is 25.9 Å². The Labute approximate surface area is 147 Å². The van der Waals surface area contributed by atoms with Gasteiger partial charge in [0.2, 0.25) is 5.91 Å². The van der Waals surface area contributed by atoms with Gasteiger partial charge in [0, 0.05) is 25.1 Å². The number of nitrogens with zero attached hydrogens (tertiary/aromatic N) is 3. The van der Waals surface area contributed by atoms with Crippen LogP contribution in [0.4, 0.5) is 0 Å². The van der Waals surface area contributed by atoms with Gasteiger partial charge in [-0.3, -0.25) is 9.59 Å². The Hall–Kier alpha value is -2.61. The normalized spacial score (nSPS) is 24.8. The van der Waals surface area contributed by atoms with E-state index in [-0.39, 0.29) is 17.9 Å². The Kier molecular flexibility index (Phi) is 4.04. The van der Waals surface area contributed by atoms with Crippen LogP contribution in [0, 0.1) is 11.3 Å². The maximum absolute atomic E-state index is 13.0. The van der Waals surface area contributed by atoms with Crippen molar-refractivity contribution >= 4 is 17.9 Å². The maximum atomic E-state index is 13.0. The SMILES string of the molecule is N#C[C@@H]1CCCN1C(=O)[C@@H]1CCCN1C(=O)C1=Cc2ccccc2C1. The third-order valence-corrected chi connectivity index (χ3v) is 5.52. The fraction of sp³-hybridized carbons (Fsp3) is 0.450. The molecule has 0 spiro atoms. The molecule has 0 aromatic heterocycles. The van der Waals surface area contributed by atoms with Crippen LogP contribution in [-0.4, -0.2) is 46.8 Å². The summed E-state index contributed by atoms with van der Waals surface area (Å²) in [6, 6.07) is 9.49. The average molecular weight is 335 g/mol. The van der Waals surface area contributed by atoms with Gasteiger partial charge in [-0.25, -0.2) is 0 Å². The highest BCUT2D eigenvalue weighted by atomic mass is 16.2. The van der Waals surface area contributed by atoms with Crippen LogP contribution in [0.5, 0.6) is 0 Å². The first-order valence-corrected chi connectivity index (χ1v) is 8.98. The molecule has 2 saturated heterocycles. The molecular weight excluding hydrogens is 314 g/mol. The van der Waals surface area contributed by atoms with Gasteiger partial charge in [-0.1, -0.05) is 24.3 Å². The zero-order valence-electron chi connectivity index (χ0n) is 14.1. The number of carbonyl (C=O) groups is 2. The molecule has 2 amide bonds. The fourth-order valence-electron chi connectivity index (χ4n) is 4.22. The fourth-order valence-corrected chi connectivity index (χ4v) is 4.22. The van der Waals surface area contributed by atoms with Crippen molar-refractivity contribution in [2.45, 2.75) is 44.2 Å². The molecule has 0 saturated carbocycles. The molecule has 4 rings (SSSR count). The van der Waals surface area contributed by atoms with E-state index in [0.717, 1.165) is 36.0 Å². The first-order chi connectivity index (χ1) is 12.2. The van der Waals surface area contributed by atoms with Crippen LogP contribution in [0.1, 0.15) is 36.8 Å². The quantitative estimate of drug-likeness (QED) is 0.832. The number of nitriles is 1. The van der Waals surface area contributed by atoms with E-state index in [1.165, 1.54) is 0 Å². The average Bonchev–Trinajstić information content (AvgIpc) is 3.38. The molecule has 0 N–H and O–H groups in total. The molecule has 2 fully saturated rings. The van der Waals surface area contributed by atoms with Crippen LogP contribution >= 0.6 is 0 Å². The van der Waals surface area contributed by atoms with Crippen molar-refractivity contribution in [2.24, 2.45) is 0 Å². The first kappa shape index (κ1) is 15.9. The predicted molar refractivity (Wildman–Crippen MR) is 93.2 cm³/mol. The zero-order valence-corrected chi connectivity index (χ0v) is 14.1. The summed E-state index contributed by atoms with van der Waals surface area (Å²) in [4.78, 5) is 29.3. The molecule has 1 aliphatic carbocycles. The van der Waals surface area contributed by atoms with Gasteiger partial charge in [-0.15, -0.1) is 0 Å². The number of likely N-dealkylation sites (tertiary alicyclic amines) is 2. The Morgan fingerprint density at radius 3 is 2.64 bits per heavy atom. The molecule has 5 heteroatoms. The molecule has 0 bridgehead atoms. The lowest BCUT2D eigenvalue weighted by atomic mass is 10.1. The monoisotopic (exact) mass is 335 g/mol. The molecule has 3 aliphatic rings. The highest BCUT2D eigenvalue weighted by molar-refractivity contribution is 6.02. The van der Waals surface area contributed by atoms with Gasteiger partial charge in [-0.05, 0) is 42.9 Å². The van der Waals surface area contributed by atoms with Crippen molar-refractivity contribution in [3.05, 3.63) is 41.0 Å². The number of fused-ring (bicyclic) bond motifs is 1. The molecular formula is C20H21N3O2. The highest BCUT2D eigenvalue weighted by Crippen LogP contribution is 2.30. The lowest BCUT2D eigenvalue weighted by Crippen LogP contribution is -2.49. The number of carbonyl (C=O) groups excluding carboxylic acids is 2. The lowest BCUT2D eigenvalue weighted by Gasteiger charge is -2.29. The van der Waals surface area contributed by atoms with Crippen molar-refractivity contribution < 1.29 is 9.59 Å². The van der Waals surface area contributed by atoms with Gasteiger partial charge < -0.3 is 9.80 Å². The van der Waals surface area contributed by atoms with Crippen LogP contribution in [0.2, 0.25) is 0 Å². The number of rotatable bonds is 2. The minimum absolute atomic E-state index is 0.0280. The standard InChI is InChI=1S/C20H21N3O2/c21-13-17-7-3-9-22(17)20(25)18-8-4-10-23(18)19(24)16-11-14-5-1-2-6-15(14)12-16/h1-2,5-6,11,17-18H,3-4,7-10,12H2/t17-,18-/m0/s1. The van der Waals surface area contributed by atoms with E-state index in [4.69, 9.17) is 0 Å². The number of hydrogen-bond donors (Lipinski definition) is 0. The molecule has 5 nitrogen and oxygen atoms in total. The van der Waals surface area contributed by atoms with Crippen LogP contribution in [-0.2, 0) is 16.0 Å². The highest BCUT2D eigenvalue weighted by Gasteiger charge is 2.41. The molecule has 1 aromatic rings. The molecule has 2 atom stereocenters. The Bertz CT molecular complexity index is 792. The van der Waals surface area contributed by atoms with Gasteiger partial charge >= 0.3 is 0 Å². The summed E-state index contributed by atoms with van der Waals surface area (Å²) in [5.41, 5.74) is 3.02. The Morgan fingerprint density at radius 1 is 1.08 bits per heavy atom. The van der Waals surface area contributed by atoms with Crippen molar-refractivity contribution in [2.75, 3.05) is 13.1 Å². The first-order valence-electron chi connectivity index (χ1n) is 8.98. The number of amides is 2.